The van der Waals surface area contributed by atoms with Crippen molar-refractivity contribution in [1.29, 1.82) is 0 Å². The number of hydrogen-bond acceptors (Lipinski definition) is 3. The van der Waals surface area contributed by atoms with Gasteiger partial charge in [-0.1, -0.05) is 12.8 Å². The van der Waals surface area contributed by atoms with E-state index in [-0.39, 0.29) is 23.6 Å². The lowest BCUT2D eigenvalue weighted by Gasteiger charge is -2.23. The Morgan fingerprint density at radius 1 is 1.00 bits per heavy atom. The quantitative estimate of drug-likeness (QED) is 0.740. The standard InChI is InChI=1S/C19H25N3O3/c1-12(23)20-17(13-4-2-3-5-13)19(25)22-15-8-6-14(7-9-15)18(24)21-16-10-11-16/h6-9,13,16-17H,2-5,10-11H2,1H3,(H,20,23)(H,21,24)(H,22,25). The van der Waals surface area contributed by atoms with Crippen LogP contribution >= 0.6 is 0 Å². The highest BCUT2D eigenvalue weighted by atomic mass is 16.2. The second-order valence-electron chi connectivity index (χ2n) is 7.04. The highest BCUT2D eigenvalue weighted by Gasteiger charge is 2.31. The first-order valence-corrected chi connectivity index (χ1v) is 9.02. The van der Waals surface area contributed by atoms with Gasteiger partial charge in [0, 0.05) is 24.2 Å². The van der Waals surface area contributed by atoms with Gasteiger partial charge in [-0.2, -0.15) is 0 Å². The largest absolute Gasteiger partial charge is 0.349 e. The zero-order valence-electron chi connectivity index (χ0n) is 14.5. The van der Waals surface area contributed by atoms with Gasteiger partial charge in [-0.25, -0.2) is 0 Å². The summed E-state index contributed by atoms with van der Waals surface area (Å²) >= 11 is 0. The minimum absolute atomic E-state index is 0.0811. The van der Waals surface area contributed by atoms with Crippen molar-refractivity contribution in [2.24, 2.45) is 5.92 Å². The topological polar surface area (TPSA) is 87.3 Å². The maximum absolute atomic E-state index is 12.6. The molecule has 2 saturated carbocycles. The van der Waals surface area contributed by atoms with Gasteiger partial charge in [0.05, 0.1) is 0 Å². The number of hydrogen-bond donors (Lipinski definition) is 3. The lowest BCUT2D eigenvalue weighted by atomic mass is 9.97. The molecular weight excluding hydrogens is 318 g/mol. The molecule has 0 bridgehead atoms. The maximum Gasteiger partial charge on any atom is 0.251 e. The van der Waals surface area contributed by atoms with E-state index in [2.05, 4.69) is 16.0 Å². The summed E-state index contributed by atoms with van der Waals surface area (Å²) in [5.74, 6) is -0.286. The molecule has 3 amide bonds. The van der Waals surface area contributed by atoms with Gasteiger partial charge in [0.2, 0.25) is 11.8 Å². The Balaban J connectivity index is 1.61. The molecule has 0 heterocycles. The van der Waals surface area contributed by atoms with Crippen LogP contribution < -0.4 is 16.0 Å². The van der Waals surface area contributed by atoms with E-state index in [9.17, 15) is 14.4 Å². The van der Waals surface area contributed by atoms with Gasteiger partial charge < -0.3 is 16.0 Å². The van der Waals surface area contributed by atoms with Gasteiger partial charge in [0.1, 0.15) is 6.04 Å². The fourth-order valence-corrected chi connectivity index (χ4v) is 3.33. The molecular formula is C19H25N3O3. The Morgan fingerprint density at radius 2 is 1.64 bits per heavy atom. The first kappa shape index (κ1) is 17.5. The number of amides is 3. The molecule has 1 unspecified atom stereocenters. The van der Waals surface area contributed by atoms with E-state index < -0.39 is 6.04 Å². The van der Waals surface area contributed by atoms with Crippen molar-refractivity contribution >= 4 is 23.4 Å². The van der Waals surface area contributed by atoms with Crippen LogP contribution in [0.2, 0.25) is 0 Å². The predicted molar refractivity (Wildman–Crippen MR) is 95.1 cm³/mol. The minimum atomic E-state index is -0.502. The van der Waals surface area contributed by atoms with Crippen LogP contribution in [0, 0.1) is 5.92 Å². The summed E-state index contributed by atoms with van der Waals surface area (Å²) in [4.78, 5) is 36.0. The SMILES string of the molecule is CC(=O)NC(C(=O)Nc1ccc(C(=O)NC2CC2)cc1)C1CCCC1. The molecule has 0 radical (unpaired) electrons. The Kier molecular flexibility index (Phi) is 5.36. The molecule has 0 aliphatic heterocycles. The summed E-state index contributed by atoms with van der Waals surface area (Å²) in [6, 6.07) is 6.67. The number of benzene rings is 1. The third-order valence-corrected chi connectivity index (χ3v) is 4.84. The Labute approximate surface area is 147 Å². The van der Waals surface area contributed by atoms with E-state index in [1.54, 1.807) is 24.3 Å². The van der Waals surface area contributed by atoms with Crippen molar-refractivity contribution in [2.75, 3.05) is 5.32 Å². The van der Waals surface area contributed by atoms with Crippen molar-refractivity contribution in [2.45, 2.75) is 57.5 Å². The van der Waals surface area contributed by atoms with Crippen molar-refractivity contribution in [3.8, 4) is 0 Å². The molecule has 2 fully saturated rings. The monoisotopic (exact) mass is 343 g/mol. The lowest BCUT2D eigenvalue weighted by molar-refractivity contribution is -0.126. The summed E-state index contributed by atoms with van der Waals surface area (Å²) < 4.78 is 0. The average molecular weight is 343 g/mol. The molecule has 3 N–H and O–H groups in total. The zero-order valence-corrected chi connectivity index (χ0v) is 14.5. The van der Waals surface area contributed by atoms with E-state index in [1.807, 2.05) is 0 Å². The molecule has 1 aromatic carbocycles. The average Bonchev–Trinajstić information content (AvgIpc) is 3.23. The van der Waals surface area contributed by atoms with Crippen molar-refractivity contribution in [3.05, 3.63) is 29.8 Å². The second-order valence-corrected chi connectivity index (χ2v) is 7.04. The van der Waals surface area contributed by atoms with Crippen molar-refractivity contribution < 1.29 is 14.4 Å². The molecule has 1 aromatic rings. The minimum Gasteiger partial charge on any atom is -0.349 e. The van der Waals surface area contributed by atoms with E-state index in [0.717, 1.165) is 38.5 Å². The van der Waals surface area contributed by atoms with Crippen molar-refractivity contribution in [1.82, 2.24) is 10.6 Å². The van der Waals surface area contributed by atoms with Gasteiger partial charge >= 0.3 is 0 Å². The number of rotatable bonds is 6. The Morgan fingerprint density at radius 3 is 2.20 bits per heavy atom. The summed E-state index contributed by atoms with van der Waals surface area (Å²) in [6.45, 7) is 1.43. The maximum atomic E-state index is 12.6. The van der Waals surface area contributed by atoms with Crippen LogP contribution in [-0.4, -0.2) is 29.8 Å². The highest BCUT2D eigenvalue weighted by molar-refractivity contribution is 5.98. The molecule has 6 nitrogen and oxygen atoms in total. The fourth-order valence-electron chi connectivity index (χ4n) is 3.33. The summed E-state index contributed by atoms with van der Waals surface area (Å²) in [6.07, 6.45) is 6.20. The van der Waals surface area contributed by atoms with E-state index in [0.29, 0.717) is 17.3 Å². The van der Waals surface area contributed by atoms with Crippen LogP contribution in [0.5, 0.6) is 0 Å². The Bertz CT molecular complexity index is 646. The summed E-state index contributed by atoms with van der Waals surface area (Å²) in [5, 5.41) is 8.58. The smallest absolute Gasteiger partial charge is 0.251 e. The summed E-state index contributed by atoms with van der Waals surface area (Å²) in [5.41, 5.74) is 1.21. The third kappa shape index (κ3) is 4.81. The van der Waals surface area contributed by atoms with Crippen LogP contribution in [0.3, 0.4) is 0 Å². The van der Waals surface area contributed by atoms with Crippen LogP contribution in [0.15, 0.2) is 24.3 Å². The van der Waals surface area contributed by atoms with Gasteiger partial charge in [-0.05, 0) is 55.9 Å². The predicted octanol–water partition coefficient (Wildman–Crippen LogP) is 2.21. The zero-order chi connectivity index (χ0) is 17.8. The molecule has 3 rings (SSSR count). The Hall–Kier alpha value is -2.37. The first-order chi connectivity index (χ1) is 12.0. The van der Waals surface area contributed by atoms with Gasteiger partial charge in [-0.15, -0.1) is 0 Å². The molecule has 6 heteroatoms. The highest BCUT2D eigenvalue weighted by Crippen LogP contribution is 2.28. The number of anilines is 1. The molecule has 0 aromatic heterocycles. The van der Waals surface area contributed by atoms with E-state index >= 15 is 0 Å². The molecule has 1 atom stereocenters. The van der Waals surface area contributed by atoms with E-state index in [4.69, 9.17) is 0 Å². The van der Waals surface area contributed by atoms with Gasteiger partial charge in [-0.3, -0.25) is 14.4 Å². The molecule has 134 valence electrons. The lowest BCUT2D eigenvalue weighted by Crippen LogP contribution is -2.47. The molecule has 2 aliphatic rings. The van der Waals surface area contributed by atoms with Crippen LogP contribution in [0.25, 0.3) is 0 Å². The summed E-state index contributed by atoms with van der Waals surface area (Å²) in [7, 11) is 0. The fraction of sp³-hybridized carbons (Fsp3) is 0.526. The normalized spacial score (nSPS) is 18.4. The van der Waals surface area contributed by atoms with Crippen LogP contribution in [0.4, 0.5) is 5.69 Å². The van der Waals surface area contributed by atoms with E-state index in [1.165, 1.54) is 6.92 Å². The third-order valence-electron chi connectivity index (χ3n) is 4.84. The first-order valence-electron chi connectivity index (χ1n) is 9.02. The molecule has 25 heavy (non-hydrogen) atoms. The van der Waals surface area contributed by atoms with Crippen LogP contribution in [0.1, 0.15) is 55.8 Å². The number of carbonyl (C=O) groups excluding carboxylic acids is 3. The molecule has 2 aliphatic carbocycles. The second kappa shape index (κ2) is 7.68. The molecule has 0 saturated heterocycles. The number of carbonyl (C=O) groups is 3. The van der Waals surface area contributed by atoms with Crippen molar-refractivity contribution in [3.63, 3.8) is 0 Å². The molecule has 0 spiro atoms. The van der Waals surface area contributed by atoms with Gasteiger partial charge in [0.15, 0.2) is 0 Å². The van der Waals surface area contributed by atoms with Gasteiger partial charge in [0.25, 0.3) is 5.91 Å². The number of nitrogens with one attached hydrogen (secondary N) is 3. The van der Waals surface area contributed by atoms with Crippen LogP contribution in [-0.2, 0) is 9.59 Å².